The highest BCUT2D eigenvalue weighted by atomic mass is 35.5. The molecule has 28 heavy (non-hydrogen) atoms. The number of carboxylic acids is 2. The Kier molecular flexibility index (Phi) is 7.86. The third-order valence-corrected chi connectivity index (χ3v) is 4.60. The van der Waals surface area contributed by atoms with Crippen molar-refractivity contribution in [3.05, 3.63) is 52.0 Å². The number of carbonyl (C=O) groups excluding carboxylic acids is 2. The minimum absolute atomic E-state index is 0.00148. The van der Waals surface area contributed by atoms with Gasteiger partial charge >= 0.3 is 0 Å². The molecule has 0 unspecified atom stereocenters. The van der Waals surface area contributed by atoms with E-state index in [9.17, 15) is 19.8 Å². The summed E-state index contributed by atoms with van der Waals surface area (Å²) in [6.07, 6.45) is 3.33. The maximum Gasteiger partial charge on any atom is 0.0951 e. The maximum atomic E-state index is 11.6. The van der Waals surface area contributed by atoms with Crippen molar-refractivity contribution in [2.45, 2.75) is 45.3 Å². The Morgan fingerprint density at radius 1 is 1.11 bits per heavy atom. The van der Waals surface area contributed by atoms with Gasteiger partial charge in [-0.05, 0) is 36.1 Å². The fourth-order valence-corrected chi connectivity index (χ4v) is 3.50. The molecule has 0 aliphatic heterocycles. The van der Waals surface area contributed by atoms with Crippen molar-refractivity contribution in [1.82, 2.24) is 14.9 Å². The molecule has 0 bridgehead atoms. The quantitative estimate of drug-likeness (QED) is 0.598. The number of carboxylic acid groups (broad SMARTS) is 2. The number of nitrogens with zero attached hydrogens (tertiary/aromatic N) is 2. The van der Waals surface area contributed by atoms with E-state index in [4.69, 9.17) is 23.2 Å². The highest BCUT2D eigenvalue weighted by molar-refractivity contribution is 6.34. The van der Waals surface area contributed by atoms with Crippen molar-refractivity contribution in [2.24, 2.45) is 5.92 Å². The molecule has 0 amide bonds. The van der Waals surface area contributed by atoms with Crippen LogP contribution in [0.2, 0.25) is 10.0 Å². The molecule has 0 aliphatic carbocycles. The molecule has 2 rings (SSSR count). The van der Waals surface area contributed by atoms with Crippen LogP contribution in [0.5, 0.6) is 0 Å². The van der Waals surface area contributed by atoms with Gasteiger partial charge in [-0.1, -0.05) is 37.0 Å². The van der Waals surface area contributed by atoms with E-state index in [1.807, 2.05) is 13.8 Å². The van der Waals surface area contributed by atoms with Crippen molar-refractivity contribution < 1.29 is 19.8 Å². The van der Waals surface area contributed by atoms with E-state index < -0.39 is 24.0 Å². The normalized spacial score (nSPS) is 13.5. The number of carbonyl (C=O) groups is 2. The first-order valence-electron chi connectivity index (χ1n) is 8.77. The fraction of sp³-hybridized carbons (Fsp3) is 0.421. The summed E-state index contributed by atoms with van der Waals surface area (Å²) in [4.78, 5) is 27.0. The molecule has 9 heteroatoms. The van der Waals surface area contributed by atoms with Crippen molar-refractivity contribution in [3.63, 3.8) is 0 Å². The second kappa shape index (κ2) is 9.91. The van der Waals surface area contributed by atoms with Gasteiger partial charge in [-0.2, -0.15) is 0 Å². The highest BCUT2D eigenvalue weighted by Gasteiger charge is 2.20. The van der Waals surface area contributed by atoms with Gasteiger partial charge in [0.05, 0.1) is 24.3 Å². The monoisotopic (exact) mass is 425 g/mol. The Hall–Kier alpha value is -2.09. The van der Waals surface area contributed by atoms with E-state index in [1.54, 1.807) is 29.1 Å². The third kappa shape index (κ3) is 6.51. The molecule has 0 saturated carbocycles. The van der Waals surface area contributed by atoms with Crippen molar-refractivity contribution in [2.75, 3.05) is 0 Å². The first-order valence-corrected chi connectivity index (χ1v) is 9.53. The van der Waals surface area contributed by atoms with Gasteiger partial charge in [0.25, 0.3) is 0 Å². The maximum absolute atomic E-state index is 11.6. The molecule has 2 atom stereocenters. The lowest BCUT2D eigenvalue weighted by atomic mass is 10.0. The largest absolute Gasteiger partial charge is 0.548 e. The summed E-state index contributed by atoms with van der Waals surface area (Å²) < 4.78 is 1.75. The number of halogens is 2. The number of aromatic nitrogens is 2. The zero-order valence-corrected chi connectivity index (χ0v) is 17.0. The van der Waals surface area contributed by atoms with E-state index in [-0.39, 0.29) is 18.8 Å². The molecule has 1 N–H and O–H groups in total. The fourth-order valence-electron chi connectivity index (χ4n) is 2.93. The highest BCUT2D eigenvalue weighted by Crippen LogP contribution is 2.20. The van der Waals surface area contributed by atoms with Crippen LogP contribution in [0.15, 0.2) is 30.7 Å². The Bertz CT molecular complexity index is 818. The van der Waals surface area contributed by atoms with Crippen LogP contribution in [-0.2, 0) is 22.6 Å². The Labute approximate surface area is 173 Å². The number of hydrogen-bond acceptors (Lipinski definition) is 6. The molecule has 1 heterocycles. The summed E-state index contributed by atoms with van der Waals surface area (Å²) >= 11 is 12.0. The lowest BCUT2D eigenvalue weighted by Gasteiger charge is -2.28. The minimum Gasteiger partial charge on any atom is -0.548 e. The SMILES string of the molecule is CC(C)C[C@H](N[C@@H](Cc1cncn1Cc1cc(Cl)cc(Cl)c1)C(=O)[O-])C(=O)[O-]. The van der Waals surface area contributed by atoms with Gasteiger partial charge in [0.2, 0.25) is 0 Å². The molecule has 0 spiro atoms. The van der Waals surface area contributed by atoms with Gasteiger partial charge in [-0.15, -0.1) is 0 Å². The smallest absolute Gasteiger partial charge is 0.0951 e. The number of nitrogens with one attached hydrogen (secondary N) is 1. The first-order chi connectivity index (χ1) is 13.2. The molecular weight excluding hydrogens is 405 g/mol. The Morgan fingerprint density at radius 3 is 2.25 bits per heavy atom. The molecule has 0 aliphatic rings. The van der Waals surface area contributed by atoms with Crippen LogP contribution in [0.4, 0.5) is 0 Å². The van der Waals surface area contributed by atoms with Crippen molar-refractivity contribution in [3.8, 4) is 0 Å². The summed E-state index contributed by atoms with van der Waals surface area (Å²) in [6, 6.07) is 2.82. The van der Waals surface area contributed by atoms with Crippen LogP contribution in [0, 0.1) is 5.92 Å². The lowest BCUT2D eigenvalue weighted by Crippen LogP contribution is -2.56. The second-order valence-electron chi connectivity index (χ2n) is 7.03. The summed E-state index contributed by atoms with van der Waals surface area (Å²) in [6.45, 7) is 4.07. The summed E-state index contributed by atoms with van der Waals surface area (Å²) in [7, 11) is 0. The Morgan fingerprint density at radius 2 is 1.71 bits per heavy atom. The van der Waals surface area contributed by atoms with Gasteiger partial charge in [0.15, 0.2) is 0 Å². The predicted molar refractivity (Wildman–Crippen MR) is 102 cm³/mol. The van der Waals surface area contributed by atoms with Crippen molar-refractivity contribution in [1.29, 1.82) is 0 Å². The van der Waals surface area contributed by atoms with E-state index >= 15 is 0 Å². The topological polar surface area (TPSA) is 110 Å². The molecule has 0 radical (unpaired) electrons. The molecule has 2 aromatic rings. The zero-order valence-electron chi connectivity index (χ0n) is 15.5. The van der Waals surface area contributed by atoms with Crippen LogP contribution in [-0.4, -0.2) is 33.6 Å². The summed E-state index contributed by atoms with van der Waals surface area (Å²) in [5.41, 5.74) is 1.42. The minimum atomic E-state index is -1.39. The zero-order chi connectivity index (χ0) is 20.8. The first kappa shape index (κ1) is 22.2. The number of hydrogen-bond donors (Lipinski definition) is 1. The molecule has 1 aromatic carbocycles. The molecule has 0 saturated heterocycles. The van der Waals surface area contributed by atoms with Crippen LogP contribution >= 0.6 is 23.2 Å². The van der Waals surface area contributed by atoms with E-state index in [0.717, 1.165) is 5.56 Å². The van der Waals surface area contributed by atoms with Crippen LogP contribution in [0.1, 0.15) is 31.5 Å². The van der Waals surface area contributed by atoms with E-state index in [2.05, 4.69) is 10.3 Å². The van der Waals surface area contributed by atoms with Gasteiger partial charge in [-0.3, -0.25) is 0 Å². The van der Waals surface area contributed by atoms with Crippen LogP contribution < -0.4 is 15.5 Å². The average molecular weight is 426 g/mol. The number of imidazole rings is 1. The number of rotatable bonds is 10. The number of aliphatic carboxylic acids is 2. The second-order valence-corrected chi connectivity index (χ2v) is 7.91. The van der Waals surface area contributed by atoms with Crippen LogP contribution in [0.3, 0.4) is 0 Å². The van der Waals surface area contributed by atoms with Gasteiger partial charge in [0, 0.05) is 40.9 Å². The Balaban J connectivity index is 2.17. The van der Waals surface area contributed by atoms with Gasteiger partial charge < -0.3 is 29.7 Å². The average Bonchev–Trinajstić information content (AvgIpc) is 2.98. The van der Waals surface area contributed by atoms with Gasteiger partial charge in [0.1, 0.15) is 0 Å². The van der Waals surface area contributed by atoms with Crippen LogP contribution in [0.25, 0.3) is 0 Å². The molecule has 7 nitrogen and oxygen atoms in total. The van der Waals surface area contributed by atoms with E-state index in [0.29, 0.717) is 22.3 Å². The molecule has 1 aromatic heterocycles. The lowest BCUT2D eigenvalue weighted by molar-refractivity contribution is -0.312. The predicted octanol–water partition coefficient (Wildman–Crippen LogP) is 0.653. The van der Waals surface area contributed by atoms with Crippen molar-refractivity contribution >= 4 is 35.1 Å². The van der Waals surface area contributed by atoms with Gasteiger partial charge in [-0.25, -0.2) is 4.98 Å². The standard InChI is InChI=1S/C19H23Cl2N3O4/c1-11(2)3-16(18(25)26)23-17(19(27)28)7-15-8-22-10-24(15)9-12-4-13(20)6-14(21)5-12/h4-6,8,10-11,16-17,23H,3,7,9H2,1-2H3,(H,25,26)(H,27,28)/p-2/t16-,17-/m0/s1. The molecule has 0 fully saturated rings. The number of benzene rings is 1. The summed E-state index contributed by atoms with van der Waals surface area (Å²) in [5, 5.41) is 26.5. The molecular formula is C19H21Cl2N3O4-2. The molecule has 152 valence electrons. The third-order valence-electron chi connectivity index (χ3n) is 4.17. The summed E-state index contributed by atoms with van der Waals surface area (Å²) in [5.74, 6) is -2.69. The van der Waals surface area contributed by atoms with E-state index in [1.165, 1.54) is 6.20 Å².